The number of carbonyl (C=O) groups is 2. The Labute approximate surface area is 128 Å². The number of primary amides is 1. The summed E-state index contributed by atoms with van der Waals surface area (Å²) in [6, 6.07) is 1.71. The maximum atomic E-state index is 11.9. The molecule has 20 heavy (non-hydrogen) atoms. The Balaban J connectivity index is 2.45. The Hall–Kier alpha value is -1.01. The van der Waals surface area contributed by atoms with Gasteiger partial charge in [0.15, 0.2) is 0 Å². The number of anilines is 1. The molecule has 0 spiro atoms. The zero-order chi connectivity index (χ0) is 15.3. The molecule has 0 saturated heterocycles. The molecule has 0 saturated carbocycles. The molecule has 1 aromatic rings. The van der Waals surface area contributed by atoms with E-state index >= 15 is 0 Å². The number of hydrogen-bond acceptors (Lipinski definition) is 4. The van der Waals surface area contributed by atoms with E-state index in [-0.39, 0.29) is 10.7 Å². The molecule has 2 amide bonds. The molecule has 0 fully saturated rings. The smallest absolute Gasteiger partial charge is 0.251 e. The van der Waals surface area contributed by atoms with Gasteiger partial charge in [-0.15, -0.1) is 11.3 Å². The van der Waals surface area contributed by atoms with E-state index < -0.39 is 5.91 Å². The van der Waals surface area contributed by atoms with Crippen LogP contribution < -0.4 is 11.1 Å². The van der Waals surface area contributed by atoms with Crippen LogP contribution in [0.1, 0.15) is 48.8 Å². The molecular weight excluding hydrogens is 292 g/mol. The van der Waals surface area contributed by atoms with Crippen LogP contribution in [-0.2, 0) is 4.79 Å². The first-order chi connectivity index (χ1) is 9.19. The molecule has 0 aromatic carbocycles. The van der Waals surface area contributed by atoms with Gasteiger partial charge in [0.25, 0.3) is 5.91 Å². The van der Waals surface area contributed by atoms with Gasteiger partial charge in [-0.05, 0) is 25.2 Å². The summed E-state index contributed by atoms with van der Waals surface area (Å²) in [5.41, 5.74) is 5.68. The maximum absolute atomic E-state index is 11.9. The molecule has 0 aliphatic heterocycles. The normalized spacial score (nSPS) is 11.4. The van der Waals surface area contributed by atoms with E-state index in [1.54, 1.807) is 6.07 Å². The van der Waals surface area contributed by atoms with Crippen molar-refractivity contribution in [2.24, 2.45) is 5.73 Å². The van der Waals surface area contributed by atoms with Crippen molar-refractivity contribution in [3.63, 3.8) is 0 Å². The van der Waals surface area contributed by atoms with E-state index in [1.807, 2.05) is 18.7 Å². The van der Waals surface area contributed by atoms with Crippen LogP contribution in [0, 0.1) is 6.92 Å². The van der Waals surface area contributed by atoms with Crippen molar-refractivity contribution in [2.75, 3.05) is 11.1 Å². The number of thiophene rings is 1. The van der Waals surface area contributed by atoms with Crippen LogP contribution in [0.2, 0.25) is 0 Å². The van der Waals surface area contributed by atoms with Gasteiger partial charge in [0.2, 0.25) is 5.91 Å². The van der Waals surface area contributed by atoms with Crippen molar-refractivity contribution in [2.45, 2.75) is 45.3 Å². The first kappa shape index (κ1) is 17.0. The third-order valence-electron chi connectivity index (χ3n) is 2.46. The van der Waals surface area contributed by atoms with E-state index in [1.165, 1.54) is 11.3 Å². The van der Waals surface area contributed by atoms with Crippen molar-refractivity contribution in [1.82, 2.24) is 0 Å². The zero-order valence-corrected chi connectivity index (χ0v) is 14.0. The molecule has 1 rings (SSSR count). The Morgan fingerprint density at radius 1 is 1.40 bits per heavy atom. The van der Waals surface area contributed by atoms with Gasteiger partial charge >= 0.3 is 0 Å². The Bertz CT molecular complexity index is 490. The molecule has 112 valence electrons. The fourth-order valence-electron chi connectivity index (χ4n) is 1.59. The Kier molecular flexibility index (Phi) is 6.07. The third-order valence-corrected chi connectivity index (χ3v) is 4.78. The number of amides is 2. The van der Waals surface area contributed by atoms with E-state index in [0.717, 1.165) is 17.1 Å². The molecule has 0 aliphatic carbocycles. The summed E-state index contributed by atoms with van der Waals surface area (Å²) in [5, 5.41) is 3.34. The van der Waals surface area contributed by atoms with Crippen LogP contribution in [-0.4, -0.2) is 22.3 Å². The van der Waals surface area contributed by atoms with Crippen molar-refractivity contribution in [3.05, 3.63) is 16.5 Å². The van der Waals surface area contributed by atoms with Crippen molar-refractivity contribution < 1.29 is 9.59 Å². The first-order valence-corrected chi connectivity index (χ1v) is 8.33. The molecule has 4 nitrogen and oxygen atoms in total. The molecule has 0 bridgehead atoms. The van der Waals surface area contributed by atoms with E-state index in [9.17, 15) is 9.59 Å². The fraction of sp³-hybridized carbons (Fsp3) is 0.571. The van der Waals surface area contributed by atoms with Crippen LogP contribution in [0.25, 0.3) is 0 Å². The maximum Gasteiger partial charge on any atom is 0.251 e. The molecule has 0 aliphatic rings. The SMILES string of the molecule is Cc1cc(C(N)=O)c(NC(=O)CCCSC(C)(C)C)s1. The monoisotopic (exact) mass is 314 g/mol. The summed E-state index contributed by atoms with van der Waals surface area (Å²) in [6.45, 7) is 8.36. The van der Waals surface area contributed by atoms with Crippen LogP contribution in [0.5, 0.6) is 0 Å². The quantitative estimate of drug-likeness (QED) is 0.790. The number of carbonyl (C=O) groups excluding carboxylic acids is 2. The van der Waals surface area contributed by atoms with E-state index in [4.69, 9.17) is 5.73 Å². The van der Waals surface area contributed by atoms with Gasteiger partial charge in [-0.3, -0.25) is 9.59 Å². The van der Waals surface area contributed by atoms with Crippen LogP contribution in [0.4, 0.5) is 5.00 Å². The minimum Gasteiger partial charge on any atom is -0.366 e. The average Bonchev–Trinajstić information content (AvgIpc) is 2.64. The summed E-state index contributed by atoms with van der Waals surface area (Å²) in [5.74, 6) is 0.375. The fourth-order valence-corrected chi connectivity index (χ4v) is 3.42. The topological polar surface area (TPSA) is 72.2 Å². The highest BCUT2D eigenvalue weighted by molar-refractivity contribution is 8.00. The van der Waals surface area contributed by atoms with Crippen LogP contribution in [0.3, 0.4) is 0 Å². The van der Waals surface area contributed by atoms with Crippen LogP contribution >= 0.6 is 23.1 Å². The molecule has 0 unspecified atom stereocenters. The number of hydrogen-bond donors (Lipinski definition) is 2. The predicted octanol–water partition coefficient (Wildman–Crippen LogP) is 3.41. The van der Waals surface area contributed by atoms with Crippen molar-refractivity contribution in [1.29, 1.82) is 0 Å². The summed E-state index contributed by atoms with van der Waals surface area (Å²) >= 11 is 3.22. The molecule has 1 aromatic heterocycles. The predicted molar refractivity (Wildman–Crippen MR) is 87.6 cm³/mol. The minimum atomic E-state index is -0.507. The summed E-state index contributed by atoms with van der Waals surface area (Å²) < 4.78 is 0.223. The minimum absolute atomic E-state index is 0.0659. The van der Waals surface area contributed by atoms with Gasteiger partial charge in [0.05, 0.1) is 5.56 Å². The number of aryl methyl sites for hydroxylation is 1. The first-order valence-electron chi connectivity index (χ1n) is 6.53. The number of thioether (sulfide) groups is 1. The molecule has 0 radical (unpaired) electrons. The highest BCUT2D eigenvalue weighted by Crippen LogP contribution is 2.28. The Morgan fingerprint density at radius 3 is 2.60 bits per heavy atom. The zero-order valence-electron chi connectivity index (χ0n) is 12.4. The molecular formula is C14H22N2O2S2. The van der Waals surface area contributed by atoms with Crippen molar-refractivity contribution >= 4 is 39.9 Å². The number of nitrogens with one attached hydrogen (secondary N) is 1. The summed E-state index contributed by atoms with van der Waals surface area (Å²) in [4.78, 5) is 24.1. The van der Waals surface area contributed by atoms with Gasteiger partial charge in [-0.2, -0.15) is 11.8 Å². The summed E-state index contributed by atoms with van der Waals surface area (Å²) in [6.07, 6.45) is 1.28. The van der Waals surface area contributed by atoms with Gasteiger partial charge in [0.1, 0.15) is 5.00 Å². The largest absolute Gasteiger partial charge is 0.366 e. The second-order valence-electron chi connectivity index (χ2n) is 5.58. The second-order valence-corrected chi connectivity index (χ2v) is 8.75. The lowest BCUT2D eigenvalue weighted by atomic mass is 10.2. The van der Waals surface area contributed by atoms with E-state index in [2.05, 4.69) is 26.1 Å². The van der Waals surface area contributed by atoms with E-state index in [0.29, 0.717) is 17.0 Å². The van der Waals surface area contributed by atoms with Gasteiger partial charge in [-0.1, -0.05) is 20.8 Å². The lowest BCUT2D eigenvalue weighted by Crippen LogP contribution is -2.16. The highest BCUT2D eigenvalue weighted by atomic mass is 32.2. The van der Waals surface area contributed by atoms with Gasteiger partial charge in [-0.25, -0.2) is 0 Å². The molecule has 0 atom stereocenters. The Morgan fingerprint density at radius 2 is 2.05 bits per heavy atom. The standard InChI is InChI=1S/C14H22N2O2S2/c1-9-8-10(12(15)18)13(20-9)16-11(17)6-5-7-19-14(2,3)4/h8H,5-7H2,1-4H3,(H2,15,18)(H,16,17). The number of nitrogens with two attached hydrogens (primary N) is 1. The lowest BCUT2D eigenvalue weighted by molar-refractivity contribution is -0.116. The lowest BCUT2D eigenvalue weighted by Gasteiger charge is -2.17. The van der Waals surface area contributed by atoms with Gasteiger partial charge in [0, 0.05) is 16.0 Å². The van der Waals surface area contributed by atoms with Crippen LogP contribution in [0.15, 0.2) is 6.07 Å². The molecule has 6 heteroatoms. The summed E-state index contributed by atoms with van der Waals surface area (Å²) in [7, 11) is 0. The molecule has 3 N–H and O–H groups in total. The highest BCUT2D eigenvalue weighted by Gasteiger charge is 2.15. The number of rotatable bonds is 6. The average molecular weight is 314 g/mol. The van der Waals surface area contributed by atoms with Gasteiger partial charge < -0.3 is 11.1 Å². The second kappa shape index (κ2) is 7.13. The molecule has 1 heterocycles. The third kappa shape index (κ3) is 5.96. The van der Waals surface area contributed by atoms with Crippen molar-refractivity contribution in [3.8, 4) is 0 Å².